The fraction of sp³-hybridized carbons (Fsp3) is 0.524. The smallest absolute Gasteiger partial charge is 0.344 e. The Balaban J connectivity index is 1.56. The minimum Gasteiger partial charge on any atom is -0.609 e. The second kappa shape index (κ2) is 8.15. The van der Waals surface area contributed by atoms with E-state index in [1.165, 1.54) is 11.3 Å². The molecule has 5 rings (SSSR count). The largest absolute Gasteiger partial charge is 0.609 e. The molecular formula is C21H25N5O4S2. The lowest BCUT2D eigenvalue weighted by Gasteiger charge is -2.24. The third-order valence-electron chi connectivity index (χ3n) is 5.87. The molecule has 2 fully saturated rings. The van der Waals surface area contributed by atoms with Gasteiger partial charge in [0.1, 0.15) is 28.7 Å². The van der Waals surface area contributed by atoms with E-state index < -0.39 is 17.0 Å². The quantitative estimate of drug-likeness (QED) is 0.423. The molecule has 0 aromatic carbocycles. The van der Waals surface area contributed by atoms with Crippen LogP contribution in [0.2, 0.25) is 0 Å². The minimum absolute atomic E-state index is 0.0174. The highest BCUT2D eigenvalue weighted by Crippen LogP contribution is 2.44. The topological polar surface area (TPSA) is 125 Å². The third-order valence-corrected chi connectivity index (χ3v) is 7.62. The molecule has 3 aromatic heterocycles. The normalized spacial score (nSPS) is 27.6. The number of pyridine rings is 1. The van der Waals surface area contributed by atoms with Crippen molar-refractivity contribution in [1.29, 1.82) is 0 Å². The zero-order valence-corrected chi connectivity index (χ0v) is 19.9. The fourth-order valence-corrected chi connectivity index (χ4v) is 6.02. The van der Waals surface area contributed by atoms with E-state index in [2.05, 4.69) is 20.3 Å². The fourth-order valence-electron chi connectivity index (χ4n) is 4.51. The Hall–Kier alpha value is -1.89. The molecule has 0 bridgehead atoms. The van der Waals surface area contributed by atoms with Crippen molar-refractivity contribution in [3.63, 3.8) is 0 Å². The Morgan fingerprint density at radius 1 is 1.28 bits per heavy atom. The highest BCUT2D eigenvalue weighted by molar-refractivity contribution is 7.90. The van der Waals surface area contributed by atoms with Crippen LogP contribution in [0.5, 0.6) is 0 Å². The van der Waals surface area contributed by atoms with E-state index in [1.54, 1.807) is 18.6 Å². The number of aromatic nitrogens is 4. The molecule has 11 heteroatoms. The zero-order valence-electron chi connectivity index (χ0n) is 18.2. The molecule has 5 atom stereocenters. The highest BCUT2D eigenvalue weighted by atomic mass is 32.2. The molecular weight excluding hydrogens is 450 g/mol. The number of hydrogen-bond donors (Lipinski definition) is 2. The van der Waals surface area contributed by atoms with Crippen molar-refractivity contribution >= 4 is 38.5 Å². The van der Waals surface area contributed by atoms with Crippen molar-refractivity contribution in [3.8, 4) is 10.6 Å². The number of ether oxygens (including phenoxy) is 2. The Morgan fingerprint density at radius 2 is 2.06 bits per heavy atom. The van der Waals surface area contributed by atoms with Gasteiger partial charge in [-0.2, -0.15) is 9.97 Å². The predicted octanol–water partition coefficient (Wildman–Crippen LogP) is 2.51. The number of fused-ring (bicyclic) bond motifs is 2. The molecule has 1 saturated heterocycles. The van der Waals surface area contributed by atoms with Crippen LogP contribution in [0.3, 0.4) is 0 Å². The zero-order chi connectivity index (χ0) is 22.6. The number of thiazole rings is 1. The van der Waals surface area contributed by atoms with Crippen LogP contribution in [0.15, 0.2) is 23.6 Å². The van der Waals surface area contributed by atoms with Crippen LogP contribution in [-0.2, 0) is 20.6 Å². The first kappa shape index (κ1) is 21.9. The lowest BCUT2D eigenvalue weighted by molar-refractivity contribution is -0.158. The SMILES string of the molecule is Cc1nc([S+](C)[O-])nc(N[C@@H]2C[C@H](CO)[C@H]3OC(C)(C)O[C@H]32)c1-c1nc2cnccc2s1. The van der Waals surface area contributed by atoms with Gasteiger partial charge in [-0.1, -0.05) is 0 Å². The summed E-state index contributed by atoms with van der Waals surface area (Å²) < 4.78 is 25.4. The number of rotatable bonds is 5. The maximum absolute atomic E-state index is 12.2. The van der Waals surface area contributed by atoms with Crippen molar-refractivity contribution < 1.29 is 19.1 Å². The summed E-state index contributed by atoms with van der Waals surface area (Å²) in [5.41, 5.74) is 2.26. The van der Waals surface area contributed by atoms with Gasteiger partial charge >= 0.3 is 5.16 Å². The van der Waals surface area contributed by atoms with E-state index in [0.29, 0.717) is 17.9 Å². The van der Waals surface area contributed by atoms with Crippen molar-refractivity contribution in [2.45, 2.75) is 56.4 Å². The van der Waals surface area contributed by atoms with Gasteiger partial charge in [0.05, 0.1) is 34.3 Å². The van der Waals surface area contributed by atoms with Gasteiger partial charge in [0.2, 0.25) is 0 Å². The van der Waals surface area contributed by atoms with Crippen LogP contribution in [0.4, 0.5) is 5.82 Å². The minimum atomic E-state index is -1.34. The van der Waals surface area contributed by atoms with Crippen molar-refractivity contribution in [2.75, 3.05) is 18.2 Å². The molecule has 1 unspecified atom stereocenters. The van der Waals surface area contributed by atoms with E-state index >= 15 is 0 Å². The molecule has 1 aliphatic carbocycles. The van der Waals surface area contributed by atoms with E-state index in [-0.39, 0.29) is 35.9 Å². The second-order valence-corrected chi connectivity index (χ2v) is 10.9. The van der Waals surface area contributed by atoms with Crippen LogP contribution in [0, 0.1) is 12.8 Å². The summed E-state index contributed by atoms with van der Waals surface area (Å²) in [6.07, 6.45) is 5.26. The number of anilines is 1. The van der Waals surface area contributed by atoms with Gasteiger partial charge < -0.3 is 24.4 Å². The van der Waals surface area contributed by atoms with Crippen LogP contribution >= 0.6 is 11.3 Å². The van der Waals surface area contributed by atoms with E-state index in [4.69, 9.17) is 14.5 Å². The number of nitrogens with one attached hydrogen (secondary N) is 1. The first-order valence-corrected chi connectivity index (χ1v) is 12.8. The van der Waals surface area contributed by atoms with Gasteiger partial charge in [-0.3, -0.25) is 4.98 Å². The Bertz CT molecular complexity index is 1120. The molecule has 1 saturated carbocycles. The van der Waals surface area contributed by atoms with Gasteiger partial charge in [0, 0.05) is 29.9 Å². The lowest BCUT2D eigenvalue weighted by Crippen LogP contribution is -2.35. The van der Waals surface area contributed by atoms with Gasteiger partial charge in [0.25, 0.3) is 0 Å². The maximum Gasteiger partial charge on any atom is 0.344 e. The number of hydrogen-bond acceptors (Lipinski definition) is 10. The van der Waals surface area contributed by atoms with Crippen molar-refractivity contribution in [1.82, 2.24) is 19.9 Å². The Morgan fingerprint density at radius 3 is 2.78 bits per heavy atom. The molecule has 2 aliphatic rings. The molecule has 3 aromatic rings. The first-order chi connectivity index (χ1) is 15.3. The Kier molecular flexibility index (Phi) is 5.59. The molecule has 9 nitrogen and oxygen atoms in total. The summed E-state index contributed by atoms with van der Waals surface area (Å²) in [5.74, 6) is -0.201. The summed E-state index contributed by atoms with van der Waals surface area (Å²) >= 11 is 0.189. The number of aliphatic hydroxyl groups excluding tert-OH is 1. The summed E-state index contributed by atoms with van der Waals surface area (Å²) in [7, 11) is 0. The van der Waals surface area contributed by atoms with Gasteiger partial charge in [-0.25, -0.2) is 4.98 Å². The molecule has 0 amide bonds. The third kappa shape index (κ3) is 3.87. The van der Waals surface area contributed by atoms with Crippen LogP contribution in [-0.4, -0.2) is 66.5 Å². The molecule has 0 spiro atoms. The highest BCUT2D eigenvalue weighted by Gasteiger charge is 2.54. The summed E-state index contributed by atoms with van der Waals surface area (Å²) in [5, 5.41) is 14.4. The number of nitrogens with zero attached hydrogens (tertiary/aromatic N) is 4. The standard InChI is InChI=1S/C21H25N5O4S2/c1-10-15(19-25-13-8-22-6-5-14(13)31-19)18(26-20(23-10)32(4)28)24-12-7-11(9-27)16-17(12)30-21(2,3)29-16/h5-6,8,11-12,16-17,27H,7,9H2,1-4H3,(H,23,24,26)/t11-,12-,16-,17+,32?/m1/s1. The average Bonchev–Trinajstić information content (AvgIpc) is 3.38. The first-order valence-electron chi connectivity index (χ1n) is 10.4. The number of aliphatic hydroxyl groups is 1. The van der Waals surface area contributed by atoms with Gasteiger partial charge in [-0.05, 0) is 33.3 Å². The molecule has 4 heterocycles. The van der Waals surface area contributed by atoms with E-state index in [0.717, 1.165) is 20.8 Å². The summed E-state index contributed by atoms with van der Waals surface area (Å²) in [4.78, 5) is 18.0. The summed E-state index contributed by atoms with van der Waals surface area (Å²) in [6.45, 7) is 5.65. The molecule has 32 heavy (non-hydrogen) atoms. The van der Waals surface area contributed by atoms with Gasteiger partial charge in [-0.15, -0.1) is 11.3 Å². The van der Waals surface area contributed by atoms with Crippen LogP contribution in [0.1, 0.15) is 26.0 Å². The molecule has 2 N–H and O–H groups in total. The Labute approximate surface area is 192 Å². The molecule has 0 radical (unpaired) electrons. The molecule has 170 valence electrons. The van der Waals surface area contributed by atoms with Crippen molar-refractivity contribution in [2.24, 2.45) is 5.92 Å². The summed E-state index contributed by atoms with van der Waals surface area (Å²) in [6, 6.07) is 1.79. The monoisotopic (exact) mass is 475 g/mol. The van der Waals surface area contributed by atoms with E-state index in [1.807, 2.05) is 26.8 Å². The van der Waals surface area contributed by atoms with Gasteiger partial charge in [0.15, 0.2) is 5.79 Å². The predicted molar refractivity (Wildman–Crippen MR) is 122 cm³/mol. The lowest BCUT2D eigenvalue weighted by atomic mass is 10.1. The maximum atomic E-state index is 12.2. The van der Waals surface area contributed by atoms with Crippen LogP contribution in [0.25, 0.3) is 20.8 Å². The average molecular weight is 476 g/mol. The number of aryl methyl sites for hydroxylation is 1. The molecule has 1 aliphatic heterocycles. The van der Waals surface area contributed by atoms with E-state index in [9.17, 15) is 9.66 Å². The van der Waals surface area contributed by atoms with Crippen LogP contribution < -0.4 is 5.32 Å². The second-order valence-electron chi connectivity index (χ2n) is 8.63. The van der Waals surface area contributed by atoms with Crippen molar-refractivity contribution in [3.05, 3.63) is 24.2 Å².